The molecule has 1 saturated carbocycles. The predicted molar refractivity (Wildman–Crippen MR) is 113 cm³/mol. The molecule has 4 aromatic heterocycles. The highest BCUT2D eigenvalue weighted by atomic mass is 19.4. The van der Waals surface area contributed by atoms with Gasteiger partial charge in [0.2, 0.25) is 0 Å². The molecule has 5 rings (SSSR count). The Hall–Kier alpha value is -4.14. The van der Waals surface area contributed by atoms with Crippen LogP contribution >= 0.6 is 0 Å². The van der Waals surface area contributed by atoms with Crippen LogP contribution in [0.2, 0.25) is 0 Å². The predicted octanol–water partition coefficient (Wildman–Crippen LogP) is 3.47. The van der Waals surface area contributed by atoms with Crippen LogP contribution in [0.3, 0.4) is 0 Å². The summed E-state index contributed by atoms with van der Waals surface area (Å²) in [5.41, 5.74) is -0.0496. The number of aromatic amines is 1. The van der Waals surface area contributed by atoms with E-state index in [0.717, 1.165) is 30.7 Å². The van der Waals surface area contributed by atoms with E-state index < -0.39 is 23.5 Å². The molecule has 4 aromatic rings. The molecular formula is C22H17F3N8O. The standard InChI is InChI=1S/C22H17F3N8O/c1-11(12-2-5-17(29-9-12)22(23,24)25)33-20-18(16(6-26)32-33)21(34)31-19(30-20)15-4-3-14(15)13-7-27-10-28-8-13/h2,5,7-11,14-15H,3-4H2,1H3,(H,30,31,34)/t11-,14+,15-/m0/s1. The van der Waals surface area contributed by atoms with Crippen molar-refractivity contribution in [2.75, 3.05) is 0 Å². The average molecular weight is 466 g/mol. The van der Waals surface area contributed by atoms with Crippen molar-refractivity contribution < 1.29 is 13.2 Å². The summed E-state index contributed by atoms with van der Waals surface area (Å²) < 4.78 is 40.0. The maximum Gasteiger partial charge on any atom is 0.433 e. The lowest BCUT2D eigenvalue weighted by Crippen LogP contribution is -2.27. The Kier molecular flexibility index (Phi) is 5.11. The lowest BCUT2D eigenvalue weighted by molar-refractivity contribution is -0.141. The summed E-state index contributed by atoms with van der Waals surface area (Å²) in [6.07, 6.45) is 3.15. The smallest absolute Gasteiger partial charge is 0.310 e. The molecular weight excluding hydrogens is 449 g/mol. The van der Waals surface area contributed by atoms with Crippen molar-refractivity contribution >= 4 is 11.0 Å². The number of hydrogen-bond acceptors (Lipinski definition) is 7. The highest BCUT2D eigenvalue weighted by Crippen LogP contribution is 2.47. The second kappa shape index (κ2) is 8.02. The van der Waals surface area contributed by atoms with Crippen LogP contribution in [-0.4, -0.2) is 34.7 Å². The minimum atomic E-state index is -4.55. The summed E-state index contributed by atoms with van der Waals surface area (Å²) in [5, 5.41) is 13.8. The van der Waals surface area contributed by atoms with Gasteiger partial charge in [-0.1, -0.05) is 6.07 Å². The number of nitrogens with zero attached hydrogens (tertiary/aromatic N) is 7. The average Bonchev–Trinajstić information content (AvgIpc) is 3.17. The van der Waals surface area contributed by atoms with Crippen molar-refractivity contribution in [3.63, 3.8) is 0 Å². The number of pyridine rings is 1. The number of H-pyrrole nitrogens is 1. The molecule has 172 valence electrons. The molecule has 0 saturated heterocycles. The van der Waals surface area contributed by atoms with Gasteiger partial charge in [0.25, 0.3) is 5.56 Å². The van der Waals surface area contributed by atoms with Gasteiger partial charge in [-0.2, -0.15) is 23.5 Å². The van der Waals surface area contributed by atoms with Gasteiger partial charge >= 0.3 is 6.18 Å². The normalized spacial score (nSPS) is 18.9. The molecule has 12 heteroatoms. The van der Waals surface area contributed by atoms with Crippen LogP contribution in [0.1, 0.15) is 66.0 Å². The molecule has 1 N–H and O–H groups in total. The Morgan fingerprint density at radius 3 is 2.50 bits per heavy atom. The molecule has 34 heavy (non-hydrogen) atoms. The summed E-state index contributed by atoms with van der Waals surface area (Å²) in [4.78, 5) is 32.0. The van der Waals surface area contributed by atoms with Gasteiger partial charge < -0.3 is 4.98 Å². The zero-order chi connectivity index (χ0) is 24.0. The molecule has 0 amide bonds. The lowest BCUT2D eigenvalue weighted by Gasteiger charge is -2.35. The number of halogens is 3. The monoisotopic (exact) mass is 466 g/mol. The minimum absolute atomic E-state index is 0.0388. The van der Waals surface area contributed by atoms with Gasteiger partial charge in [0.15, 0.2) is 11.3 Å². The first kappa shape index (κ1) is 21.7. The molecule has 1 aliphatic rings. The summed E-state index contributed by atoms with van der Waals surface area (Å²) in [5.74, 6) is 0.478. The van der Waals surface area contributed by atoms with Crippen LogP contribution in [0.5, 0.6) is 0 Å². The first-order valence-electron chi connectivity index (χ1n) is 10.5. The van der Waals surface area contributed by atoms with Crippen molar-refractivity contribution in [2.24, 2.45) is 0 Å². The molecule has 3 atom stereocenters. The Morgan fingerprint density at radius 2 is 1.91 bits per heavy atom. The molecule has 0 aromatic carbocycles. The summed E-state index contributed by atoms with van der Waals surface area (Å²) in [6.45, 7) is 1.69. The summed E-state index contributed by atoms with van der Waals surface area (Å²) in [7, 11) is 0. The van der Waals surface area contributed by atoms with Crippen molar-refractivity contribution in [3.8, 4) is 6.07 Å². The van der Waals surface area contributed by atoms with Crippen LogP contribution < -0.4 is 5.56 Å². The van der Waals surface area contributed by atoms with Gasteiger partial charge in [-0.25, -0.2) is 19.6 Å². The number of rotatable bonds is 4. The van der Waals surface area contributed by atoms with E-state index in [9.17, 15) is 23.2 Å². The van der Waals surface area contributed by atoms with E-state index in [-0.39, 0.29) is 28.6 Å². The summed E-state index contributed by atoms with van der Waals surface area (Å²) in [6, 6.07) is 3.46. The van der Waals surface area contributed by atoms with Gasteiger partial charge in [0.05, 0.1) is 6.04 Å². The highest BCUT2D eigenvalue weighted by molar-refractivity contribution is 5.80. The maximum atomic E-state index is 12.9. The molecule has 0 unspecified atom stereocenters. The van der Waals surface area contributed by atoms with Crippen LogP contribution in [0.4, 0.5) is 13.2 Å². The quantitative estimate of drug-likeness (QED) is 0.488. The number of nitrogens with one attached hydrogen (secondary N) is 1. The lowest BCUT2D eigenvalue weighted by atomic mass is 9.70. The van der Waals surface area contributed by atoms with E-state index in [2.05, 4.69) is 30.0 Å². The number of hydrogen-bond donors (Lipinski definition) is 1. The molecule has 1 fully saturated rings. The van der Waals surface area contributed by atoms with E-state index in [1.165, 1.54) is 17.1 Å². The number of fused-ring (bicyclic) bond motifs is 1. The third-order valence-corrected chi connectivity index (χ3v) is 6.25. The highest BCUT2D eigenvalue weighted by Gasteiger charge is 2.36. The van der Waals surface area contributed by atoms with Gasteiger partial charge in [0.1, 0.15) is 29.3 Å². The molecule has 1 aliphatic carbocycles. The van der Waals surface area contributed by atoms with Gasteiger partial charge in [-0.3, -0.25) is 9.78 Å². The first-order valence-corrected chi connectivity index (χ1v) is 10.5. The van der Waals surface area contributed by atoms with E-state index in [1.54, 1.807) is 19.3 Å². The molecule has 0 aliphatic heterocycles. The topological polar surface area (TPSA) is 126 Å². The number of aromatic nitrogens is 7. The van der Waals surface area contributed by atoms with Crippen molar-refractivity contribution in [3.05, 3.63) is 75.7 Å². The van der Waals surface area contributed by atoms with Crippen molar-refractivity contribution in [2.45, 2.75) is 43.8 Å². The fraction of sp³-hybridized carbons (Fsp3) is 0.318. The van der Waals surface area contributed by atoms with Gasteiger partial charge in [0, 0.05) is 24.5 Å². The third-order valence-electron chi connectivity index (χ3n) is 6.25. The Bertz CT molecular complexity index is 1450. The molecule has 9 nitrogen and oxygen atoms in total. The molecule has 0 radical (unpaired) electrons. The Balaban J connectivity index is 1.57. The van der Waals surface area contributed by atoms with E-state index >= 15 is 0 Å². The van der Waals surface area contributed by atoms with E-state index in [1.807, 2.05) is 6.07 Å². The SMILES string of the molecule is C[C@@H](c1ccc(C(F)(F)F)nc1)n1nc(C#N)c2c(=O)[nH]c([C@H]3CC[C@@H]3c3cncnc3)nc21. The maximum absolute atomic E-state index is 12.9. The largest absolute Gasteiger partial charge is 0.433 e. The van der Waals surface area contributed by atoms with Gasteiger partial charge in [-0.05, 0) is 42.9 Å². The molecule has 4 heterocycles. The van der Waals surface area contributed by atoms with Crippen LogP contribution in [0.25, 0.3) is 11.0 Å². The minimum Gasteiger partial charge on any atom is -0.310 e. The van der Waals surface area contributed by atoms with Crippen molar-refractivity contribution in [1.82, 2.24) is 34.7 Å². The van der Waals surface area contributed by atoms with Crippen molar-refractivity contribution in [1.29, 1.82) is 5.26 Å². The third kappa shape index (κ3) is 3.59. The Labute approximate surface area is 190 Å². The Morgan fingerprint density at radius 1 is 1.18 bits per heavy atom. The fourth-order valence-electron chi connectivity index (χ4n) is 4.28. The van der Waals surface area contributed by atoms with Crippen LogP contribution in [0.15, 0.2) is 41.8 Å². The van der Waals surface area contributed by atoms with Crippen LogP contribution in [0, 0.1) is 11.3 Å². The van der Waals surface area contributed by atoms with Crippen LogP contribution in [-0.2, 0) is 6.18 Å². The van der Waals surface area contributed by atoms with E-state index in [4.69, 9.17) is 0 Å². The zero-order valence-electron chi connectivity index (χ0n) is 17.8. The fourth-order valence-corrected chi connectivity index (χ4v) is 4.28. The first-order chi connectivity index (χ1) is 16.3. The second-order valence-corrected chi connectivity index (χ2v) is 8.17. The van der Waals surface area contributed by atoms with E-state index in [0.29, 0.717) is 11.4 Å². The van der Waals surface area contributed by atoms with Gasteiger partial charge in [-0.15, -0.1) is 0 Å². The summed E-state index contributed by atoms with van der Waals surface area (Å²) >= 11 is 0. The molecule has 0 bridgehead atoms. The second-order valence-electron chi connectivity index (χ2n) is 8.17. The molecule has 0 spiro atoms. The number of nitriles is 1. The number of alkyl halides is 3. The zero-order valence-corrected chi connectivity index (χ0v) is 17.8.